The second kappa shape index (κ2) is 8.90. The van der Waals surface area contributed by atoms with Gasteiger partial charge in [-0.05, 0) is 24.6 Å². The van der Waals surface area contributed by atoms with Crippen LogP contribution in [-0.4, -0.2) is 41.2 Å². The summed E-state index contributed by atoms with van der Waals surface area (Å²) < 4.78 is 10.2. The van der Waals surface area contributed by atoms with Crippen molar-refractivity contribution in [2.45, 2.75) is 25.8 Å². The van der Waals surface area contributed by atoms with Gasteiger partial charge in [0.25, 0.3) is 5.91 Å². The van der Waals surface area contributed by atoms with Gasteiger partial charge in [-0.2, -0.15) is 16.9 Å². The third-order valence-electron chi connectivity index (χ3n) is 4.33. The zero-order valence-corrected chi connectivity index (χ0v) is 16.2. The molecule has 0 bridgehead atoms. The number of furan rings is 1. The van der Waals surface area contributed by atoms with E-state index >= 15 is 0 Å². The minimum absolute atomic E-state index is 0.103. The van der Waals surface area contributed by atoms with Gasteiger partial charge >= 0.3 is 5.97 Å². The van der Waals surface area contributed by atoms with E-state index in [1.807, 2.05) is 43.3 Å². The van der Waals surface area contributed by atoms with Crippen molar-refractivity contribution in [3.05, 3.63) is 59.5 Å². The maximum absolute atomic E-state index is 12.7. The predicted molar refractivity (Wildman–Crippen MR) is 105 cm³/mol. The Morgan fingerprint density at radius 2 is 2.07 bits per heavy atom. The van der Waals surface area contributed by atoms with Gasteiger partial charge in [-0.15, -0.1) is 0 Å². The first-order valence-corrected chi connectivity index (χ1v) is 9.88. The molecule has 0 unspecified atom stereocenters. The number of nitrogens with zero attached hydrogens (tertiary/aromatic N) is 2. The number of carbonyl (C=O) groups is 2. The number of amides is 1. The lowest BCUT2D eigenvalue weighted by molar-refractivity contribution is -0.140. The van der Waals surface area contributed by atoms with Gasteiger partial charge in [0, 0.05) is 12.2 Å². The maximum Gasteiger partial charge on any atom is 0.306 e. The van der Waals surface area contributed by atoms with Crippen molar-refractivity contribution in [3.8, 4) is 0 Å². The van der Waals surface area contributed by atoms with Gasteiger partial charge in [0.15, 0.2) is 0 Å². The largest absolute Gasteiger partial charge is 0.469 e. The summed E-state index contributed by atoms with van der Waals surface area (Å²) in [5.41, 5.74) is 3.05. The maximum atomic E-state index is 12.7. The number of esters is 1. The molecule has 142 valence electrons. The molecule has 2 aromatic rings. The molecule has 0 spiro atoms. The summed E-state index contributed by atoms with van der Waals surface area (Å²) in [7, 11) is 1.36. The summed E-state index contributed by atoms with van der Waals surface area (Å²) in [5.74, 6) is 1.12. The van der Waals surface area contributed by atoms with Crippen LogP contribution in [0.2, 0.25) is 0 Å². The lowest BCUT2D eigenvalue weighted by atomic mass is 10.0. The van der Waals surface area contributed by atoms with E-state index < -0.39 is 0 Å². The molecule has 2 heterocycles. The molecule has 0 saturated heterocycles. The molecular weight excluding hydrogens is 364 g/mol. The Balaban J connectivity index is 1.71. The van der Waals surface area contributed by atoms with Gasteiger partial charge in [-0.25, -0.2) is 5.01 Å². The van der Waals surface area contributed by atoms with Crippen LogP contribution in [0.4, 0.5) is 0 Å². The van der Waals surface area contributed by atoms with Gasteiger partial charge in [0.05, 0.1) is 31.3 Å². The lowest BCUT2D eigenvalue weighted by Crippen LogP contribution is -2.28. The molecular formula is C20H22N2O4S. The first kappa shape index (κ1) is 19.2. The second-order valence-electron chi connectivity index (χ2n) is 6.27. The first-order chi connectivity index (χ1) is 13.1. The molecule has 27 heavy (non-hydrogen) atoms. The Kier molecular flexibility index (Phi) is 6.34. The quantitative estimate of drug-likeness (QED) is 0.537. The molecule has 1 atom stereocenters. The Bertz CT molecular complexity index is 815. The van der Waals surface area contributed by atoms with Crippen LogP contribution in [0.25, 0.3) is 0 Å². The summed E-state index contributed by atoms with van der Waals surface area (Å²) in [5, 5.41) is 6.10. The van der Waals surface area contributed by atoms with Gasteiger partial charge in [0.2, 0.25) is 0 Å². The molecule has 6 nitrogen and oxygen atoms in total. The standard InChI is InChI=1S/C20H22N2O4S/c1-14-5-7-15(8-6-14)16-12-17(18-4-3-10-26-18)22(21-16)19(23)13-27-11-9-20(24)25-2/h3-8,10,17H,9,11-13H2,1-2H3/t17-/m1/s1. The van der Waals surface area contributed by atoms with Crippen molar-refractivity contribution < 1.29 is 18.7 Å². The molecule has 0 N–H and O–H groups in total. The van der Waals surface area contributed by atoms with Crippen molar-refractivity contribution in [3.63, 3.8) is 0 Å². The molecule has 0 fully saturated rings. The van der Waals surface area contributed by atoms with Crippen LogP contribution in [0.1, 0.15) is 35.8 Å². The molecule has 0 saturated carbocycles. The van der Waals surface area contributed by atoms with E-state index in [1.165, 1.54) is 29.4 Å². The molecule has 1 aromatic carbocycles. The van der Waals surface area contributed by atoms with Crippen LogP contribution in [0, 0.1) is 6.92 Å². The van der Waals surface area contributed by atoms with Gasteiger partial charge in [0.1, 0.15) is 11.8 Å². The number of carbonyl (C=O) groups excluding carboxylic acids is 2. The zero-order chi connectivity index (χ0) is 19.2. The number of ether oxygens (including phenoxy) is 1. The van der Waals surface area contributed by atoms with E-state index in [2.05, 4.69) is 9.84 Å². The van der Waals surface area contributed by atoms with Crippen LogP contribution >= 0.6 is 11.8 Å². The fraction of sp³-hybridized carbons (Fsp3) is 0.350. The third kappa shape index (κ3) is 4.80. The highest BCUT2D eigenvalue weighted by Gasteiger charge is 2.34. The van der Waals surface area contributed by atoms with Gasteiger partial charge in [-0.3, -0.25) is 9.59 Å². The van der Waals surface area contributed by atoms with Crippen LogP contribution < -0.4 is 0 Å². The Morgan fingerprint density at radius 3 is 2.74 bits per heavy atom. The fourth-order valence-corrected chi connectivity index (χ4v) is 3.61. The summed E-state index contributed by atoms with van der Waals surface area (Å²) >= 11 is 1.40. The number of thioether (sulfide) groups is 1. The highest BCUT2D eigenvalue weighted by Crippen LogP contribution is 2.33. The number of hydrazone groups is 1. The summed E-state index contributed by atoms with van der Waals surface area (Å²) in [6, 6.07) is 11.5. The number of methoxy groups -OCH3 is 1. The summed E-state index contributed by atoms with van der Waals surface area (Å²) in [4.78, 5) is 23.9. The fourth-order valence-electron chi connectivity index (χ4n) is 2.85. The van der Waals surface area contributed by atoms with Crippen molar-refractivity contribution in [2.24, 2.45) is 5.10 Å². The van der Waals surface area contributed by atoms with E-state index in [0.29, 0.717) is 17.9 Å². The van der Waals surface area contributed by atoms with Gasteiger partial charge < -0.3 is 9.15 Å². The molecule has 1 aliphatic heterocycles. The van der Waals surface area contributed by atoms with E-state index in [-0.39, 0.29) is 30.1 Å². The highest BCUT2D eigenvalue weighted by molar-refractivity contribution is 7.99. The van der Waals surface area contributed by atoms with E-state index in [0.717, 1.165) is 11.3 Å². The van der Waals surface area contributed by atoms with Crippen LogP contribution in [0.5, 0.6) is 0 Å². The normalized spacial score (nSPS) is 16.3. The van der Waals surface area contributed by atoms with Crippen molar-refractivity contribution in [1.29, 1.82) is 0 Å². The number of hydrogen-bond acceptors (Lipinski definition) is 6. The monoisotopic (exact) mass is 386 g/mol. The highest BCUT2D eigenvalue weighted by atomic mass is 32.2. The second-order valence-corrected chi connectivity index (χ2v) is 7.37. The molecule has 0 radical (unpaired) electrons. The number of rotatable bonds is 7. The smallest absolute Gasteiger partial charge is 0.306 e. The SMILES string of the molecule is COC(=O)CCSCC(=O)N1N=C(c2ccc(C)cc2)C[C@@H]1c1ccco1. The first-order valence-electron chi connectivity index (χ1n) is 8.73. The molecule has 1 aromatic heterocycles. The minimum atomic E-state index is -0.274. The Hall–Kier alpha value is -2.54. The molecule has 7 heteroatoms. The van der Waals surface area contributed by atoms with E-state index in [9.17, 15) is 9.59 Å². The third-order valence-corrected chi connectivity index (χ3v) is 5.27. The van der Waals surface area contributed by atoms with Crippen LogP contribution in [0.3, 0.4) is 0 Å². The predicted octanol–water partition coefficient (Wildman–Crippen LogP) is 3.56. The average molecular weight is 386 g/mol. The molecule has 1 aliphatic rings. The van der Waals surface area contributed by atoms with Crippen molar-refractivity contribution in [2.75, 3.05) is 18.6 Å². The summed E-state index contributed by atoms with van der Waals surface area (Å²) in [6.45, 7) is 2.03. The zero-order valence-electron chi connectivity index (χ0n) is 15.4. The molecule has 1 amide bonds. The number of aryl methyl sites for hydroxylation is 1. The lowest BCUT2D eigenvalue weighted by Gasteiger charge is -2.19. The van der Waals surface area contributed by atoms with Gasteiger partial charge in [-0.1, -0.05) is 29.8 Å². The van der Waals surface area contributed by atoms with E-state index in [1.54, 1.807) is 6.26 Å². The number of benzene rings is 1. The molecule has 3 rings (SSSR count). The Labute approximate surface area is 162 Å². The molecule has 0 aliphatic carbocycles. The van der Waals surface area contributed by atoms with E-state index in [4.69, 9.17) is 4.42 Å². The van der Waals surface area contributed by atoms with Crippen molar-refractivity contribution >= 4 is 29.4 Å². The van der Waals surface area contributed by atoms with Crippen molar-refractivity contribution in [1.82, 2.24) is 5.01 Å². The Morgan fingerprint density at radius 1 is 1.30 bits per heavy atom. The minimum Gasteiger partial charge on any atom is -0.469 e. The van der Waals surface area contributed by atoms with Crippen LogP contribution in [-0.2, 0) is 14.3 Å². The number of hydrogen-bond donors (Lipinski definition) is 0. The average Bonchev–Trinajstić information content (AvgIpc) is 3.34. The van der Waals surface area contributed by atoms with Crippen LogP contribution in [0.15, 0.2) is 52.2 Å². The summed E-state index contributed by atoms with van der Waals surface area (Å²) in [6.07, 6.45) is 2.50. The topological polar surface area (TPSA) is 72.1 Å².